The van der Waals surface area contributed by atoms with Gasteiger partial charge in [0.15, 0.2) is 0 Å². The van der Waals surface area contributed by atoms with Crippen molar-refractivity contribution in [1.29, 1.82) is 0 Å². The molecule has 35 heavy (non-hydrogen) atoms. The van der Waals surface area contributed by atoms with Crippen LogP contribution in [0.1, 0.15) is 22.4 Å². The molecule has 0 saturated carbocycles. The minimum atomic E-state index is -4.82. The van der Waals surface area contributed by atoms with Crippen molar-refractivity contribution < 1.29 is 22.4 Å². The third kappa shape index (κ3) is 5.75. The lowest BCUT2D eigenvalue weighted by molar-refractivity contribution is -0.137. The molecule has 0 saturated heterocycles. The Morgan fingerprint density at radius 1 is 1.03 bits per heavy atom. The number of benzene rings is 2. The van der Waals surface area contributed by atoms with Crippen molar-refractivity contribution in [3.63, 3.8) is 0 Å². The fourth-order valence-electron chi connectivity index (χ4n) is 3.60. The van der Waals surface area contributed by atoms with Gasteiger partial charge in [0.05, 0.1) is 16.3 Å². The summed E-state index contributed by atoms with van der Waals surface area (Å²) in [6.07, 6.45) is -3.57. The molecule has 180 valence electrons. The van der Waals surface area contributed by atoms with E-state index in [1.54, 1.807) is 30.3 Å². The van der Waals surface area contributed by atoms with E-state index in [1.807, 2.05) is 0 Å². The zero-order valence-electron chi connectivity index (χ0n) is 17.7. The minimum absolute atomic E-state index is 0.0488. The van der Waals surface area contributed by atoms with Gasteiger partial charge in [-0.15, -0.1) is 10.2 Å². The minimum Gasteiger partial charge on any atom is -0.322 e. The lowest BCUT2D eigenvalue weighted by Gasteiger charge is -2.35. The van der Waals surface area contributed by atoms with Gasteiger partial charge in [-0.3, -0.25) is 10.3 Å². The highest BCUT2D eigenvalue weighted by Gasteiger charge is 2.41. The van der Waals surface area contributed by atoms with Crippen LogP contribution < -0.4 is 10.6 Å². The number of nitrogens with zero attached hydrogens (tertiary/aromatic N) is 3. The second-order valence-corrected chi connectivity index (χ2v) is 8.75. The number of rotatable bonds is 6. The number of hydrogen-bond acceptors (Lipinski definition) is 5. The number of halogens is 5. The maximum Gasteiger partial charge on any atom is 0.416 e. The molecule has 0 spiro atoms. The standard InChI is InChI=1S/C23H16ClF4N5OS/c24-17-6-7-19(29-12-17)22(11-14-4-2-1-3-5-14,32-20(34)31-21-33-30-13-35-21)15-8-16(23(26,27)28)10-18(25)9-15/h1-10,12-13H,11H2,(H2,31,32,33,34)/t22-/m1/s1. The molecule has 0 unspecified atom stereocenters. The van der Waals surface area contributed by atoms with Gasteiger partial charge in [-0.25, -0.2) is 9.18 Å². The highest BCUT2D eigenvalue weighted by molar-refractivity contribution is 7.13. The summed E-state index contributed by atoms with van der Waals surface area (Å²) in [5.74, 6) is -1.12. The monoisotopic (exact) mass is 521 g/mol. The molecular formula is C23H16ClF4N5OS. The van der Waals surface area contributed by atoms with Gasteiger partial charge in [0.2, 0.25) is 5.13 Å². The van der Waals surface area contributed by atoms with Gasteiger partial charge >= 0.3 is 12.2 Å². The molecule has 2 heterocycles. The Balaban J connectivity index is 1.92. The van der Waals surface area contributed by atoms with Crippen LogP contribution in [-0.4, -0.2) is 21.2 Å². The van der Waals surface area contributed by atoms with Crippen LogP contribution in [0.2, 0.25) is 5.02 Å². The number of hydrogen-bond donors (Lipinski definition) is 2. The highest BCUT2D eigenvalue weighted by Crippen LogP contribution is 2.38. The first kappa shape index (κ1) is 24.6. The fourth-order valence-corrected chi connectivity index (χ4v) is 4.15. The molecule has 2 amide bonds. The smallest absolute Gasteiger partial charge is 0.322 e. The van der Waals surface area contributed by atoms with Crippen molar-refractivity contribution in [2.45, 2.75) is 18.1 Å². The molecule has 2 aromatic carbocycles. The molecule has 2 aromatic heterocycles. The summed E-state index contributed by atoms with van der Waals surface area (Å²) in [6, 6.07) is 13.0. The molecule has 0 aliphatic rings. The molecule has 0 fully saturated rings. The number of aromatic nitrogens is 3. The summed E-state index contributed by atoms with van der Waals surface area (Å²) in [4.78, 5) is 17.3. The number of carbonyl (C=O) groups is 1. The second kappa shape index (κ2) is 9.96. The predicted octanol–water partition coefficient (Wildman–Crippen LogP) is 6.05. The van der Waals surface area contributed by atoms with Gasteiger partial charge < -0.3 is 5.32 Å². The first-order valence-electron chi connectivity index (χ1n) is 10.1. The van der Waals surface area contributed by atoms with Crippen LogP contribution in [-0.2, 0) is 18.1 Å². The Morgan fingerprint density at radius 2 is 1.77 bits per heavy atom. The summed E-state index contributed by atoms with van der Waals surface area (Å²) >= 11 is 7.04. The summed E-state index contributed by atoms with van der Waals surface area (Å²) in [5.41, 5.74) is -0.880. The van der Waals surface area contributed by atoms with Crippen molar-refractivity contribution in [1.82, 2.24) is 20.5 Å². The summed E-state index contributed by atoms with van der Waals surface area (Å²) < 4.78 is 55.4. The zero-order chi connectivity index (χ0) is 25.1. The first-order valence-corrected chi connectivity index (χ1v) is 11.3. The van der Waals surface area contributed by atoms with Gasteiger partial charge in [-0.05, 0) is 41.5 Å². The Morgan fingerprint density at radius 3 is 2.40 bits per heavy atom. The predicted molar refractivity (Wildman–Crippen MR) is 124 cm³/mol. The van der Waals surface area contributed by atoms with E-state index in [-0.39, 0.29) is 27.8 Å². The highest BCUT2D eigenvalue weighted by atomic mass is 35.5. The molecule has 2 N–H and O–H groups in total. The van der Waals surface area contributed by atoms with E-state index in [0.717, 1.165) is 23.5 Å². The number of amides is 2. The van der Waals surface area contributed by atoms with E-state index in [0.29, 0.717) is 11.6 Å². The molecule has 0 aliphatic carbocycles. The SMILES string of the molecule is O=C(Nc1nncs1)N[C@](Cc1ccccc1)(c1cc(F)cc(C(F)(F)F)c1)c1ccc(Cl)cn1. The van der Waals surface area contributed by atoms with Gasteiger partial charge in [0.1, 0.15) is 16.9 Å². The molecule has 0 aliphatic heterocycles. The molecule has 0 radical (unpaired) electrons. The average molecular weight is 522 g/mol. The number of pyridine rings is 1. The Labute approximate surface area is 206 Å². The lowest BCUT2D eigenvalue weighted by Crippen LogP contribution is -2.50. The molecule has 4 aromatic rings. The normalized spacial score (nSPS) is 13.2. The van der Waals surface area contributed by atoms with Crippen LogP contribution >= 0.6 is 22.9 Å². The summed E-state index contributed by atoms with van der Waals surface area (Å²) in [6.45, 7) is 0. The average Bonchev–Trinajstić information content (AvgIpc) is 3.31. The molecule has 6 nitrogen and oxygen atoms in total. The van der Waals surface area contributed by atoms with Crippen molar-refractivity contribution in [3.8, 4) is 0 Å². The Bertz CT molecular complexity index is 1300. The van der Waals surface area contributed by atoms with Crippen LogP contribution in [0.15, 0.2) is 72.4 Å². The Kier molecular flexibility index (Phi) is 6.99. The molecule has 4 rings (SSSR count). The number of alkyl halides is 3. The maximum absolute atomic E-state index is 14.6. The van der Waals surface area contributed by atoms with Crippen LogP contribution in [0.25, 0.3) is 0 Å². The summed E-state index contributed by atoms with van der Waals surface area (Å²) in [5, 5.41) is 13.0. The van der Waals surface area contributed by atoms with Gasteiger partial charge in [0, 0.05) is 12.6 Å². The second-order valence-electron chi connectivity index (χ2n) is 7.48. The third-order valence-corrected chi connectivity index (χ3v) is 5.93. The van der Waals surface area contributed by atoms with Crippen molar-refractivity contribution in [2.24, 2.45) is 0 Å². The van der Waals surface area contributed by atoms with Gasteiger partial charge in [-0.1, -0.05) is 53.3 Å². The van der Waals surface area contributed by atoms with Crippen LogP contribution in [0.4, 0.5) is 27.5 Å². The topological polar surface area (TPSA) is 79.8 Å². The van der Waals surface area contributed by atoms with E-state index in [1.165, 1.54) is 23.8 Å². The number of nitrogens with one attached hydrogen (secondary N) is 2. The number of anilines is 1. The quantitative estimate of drug-likeness (QED) is 0.303. The van der Waals surface area contributed by atoms with Crippen LogP contribution in [0, 0.1) is 5.82 Å². The third-order valence-electron chi connectivity index (χ3n) is 5.10. The van der Waals surface area contributed by atoms with Gasteiger partial charge in [-0.2, -0.15) is 13.2 Å². The molecule has 12 heteroatoms. The molecular weight excluding hydrogens is 506 g/mol. The van der Waals surface area contributed by atoms with E-state index in [9.17, 15) is 22.4 Å². The van der Waals surface area contributed by atoms with Crippen LogP contribution in [0.5, 0.6) is 0 Å². The molecule has 0 bridgehead atoms. The fraction of sp³-hybridized carbons (Fsp3) is 0.130. The molecule has 1 atom stereocenters. The first-order chi connectivity index (χ1) is 16.7. The zero-order valence-corrected chi connectivity index (χ0v) is 19.3. The van der Waals surface area contributed by atoms with Crippen molar-refractivity contribution in [3.05, 3.63) is 106 Å². The lowest BCUT2D eigenvalue weighted by atomic mass is 9.80. The summed E-state index contributed by atoms with van der Waals surface area (Å²) in [7, 11) is 0. The van der Waals surface area contributed by atoms with Gasteiger partial charge in [0.25, 0.3) is 0 Å². The van der Waals surface area contributed by atoms with Crippen molar-refractivity contribution >= 4 is 34.1 Å². The van der Waals surface area contributed by atoms with E-state index < -0.39 is 29.1 Å². The van der Waals surface area contributed by atoms with E-state index >= 15 is 0 Å². The van der Waals surface area contributed by atoms with Crippen molar-refractivity contribution in [2.75, 3.05) is 5.32 Å². The van der Waals surface area contributed by atoms with Crippen LogP contribution in [0.3, 0.4) is 0 Å². The Hall–Kier alpha value is -3.57. The number of carbonyl (C=O) groups excluding carboxylic acids is 1. The van der Waals surface area contributed by atoms with E-state index in [2.05, 4.69) is 25.8 Å². The van der Waals surface area contributed by atoms with E-state index in [4.69, 9.17) is 11.6 Å². The number of urea groups is 1. The maximum atomic E-state index is 14.6. The largest absolute Gasteiger partial charge is 0.416 e.